The van der Waals surface area contributed by atoms with Crippen molar-refractivity contribution in [2.24, 2.45) is 5.92 Å². The standard InChI is InChI=1S/C12H22N4O/c1-10-14-12(15-17-10)9-13-6-3-11-4-7-16(2)8-5-11/h11,13H,3-9H2,1-2H3. The van der Waals surface area contributed by atoms with Crippen LogP contribution >= 0.6 is 0 Å². The van der Waals surface area contributed by atoms with Crippen molar-refractivity contribution in [3.8, 4) is 0 Å². The van der Waals surface area contributed by atoms with E-state index >= 15 is 0 Å². The number of piperidine rings is 1. The van der Waals surface area contributed by atoms with Gasteiger partial charge in [0.05, 0.1) is 6.54 Å². The average molecular weight is 238 g/mol. The first-order valence-electron chi connectivity index (χ1n) is 6.42. The van der Waals surface area contributed by atoms with E-state index in [9.17, 15) is 0 Å². The summed E-state index contributed by atoms with van der Waals surface area (Å²) in [5, 5.41) is 7.23. The van der Waals surface area contributed by atoms with Crippen LogP contribution in [-0.2, 0) is 6.54 Å². The van der Waals surface area contributed by atoms with Crippen LogP contribution in [0.2, 0.25) is 0 Å². The summed E-state index contributed by atoms with van der Waals surface area (Å²) < 4.78 is 4.92. The second kappa shape index (κ2) is 6.12. The summed E-state index contributed by atoms with van der Waals surface area (Å²) in [6.45, 7) is 6.06. The molecule has 0 saturated carbocycles. The molecule has 0 bridgehead atoms. The van der Waals surface area contributed by atoms with Gasteiger partial charge in [0.2, 0.25) is 5.89 Å². The Labute approximate surface area is 103 Å². The van der Waals surface area contributed by atoms with Gasteiger partial charge in [0.1, 0.15) is 0 Å². The number of nitrogens with one attached hydrogen (secondary N) is 1. The third-order valence-corrected chi connectivity index (χ3v) is 3.42. The molecule has 0 amide bonds. The number of hydrogen-bond donors (Lipinski definition) is 1. The summed E-state index contributed by atoms with van der Waals surface area (Å²) in [4.78, 5) is 6.57. The molecule has 0 atom stereocenters. The molecule has 1 saturated heterocycles. The summed E-state index contributed by atoms with van der Waals surface area (Å²) >= 11 is 0. The van der Waals surface area contributed by atoms with Gasteiger partial charge in [-0.25, -0.2) is 0 Å². The molecule has 17 heavy (non-hydrogen) atoms. The average Bonchev–Trinajstić information content (AvgIpc) is 2.73. The van der Waals surface area contributed by atoms with Crippen molar-refractivity contribution in [1.82, 2.24) is 20.4 Å². The van der Waals surface area contributed by atoms with Gasteiger partial charge in [-0.3, -0.25) is 0 Å². The second-order valence-corrected chi connectivity index (χ2v) is 4.94. The Balaban J connectivity index is 1.57. The fraction of sp³-hybridized carbons (Fsp3) is 0.833. The Kier molecular flexibility index (Phi) is 4.50. The molecule has 1 N–H and O–H groups in total. The monoisotopic (exact) mass is 238 g/mol. The van der Waals surface area contributed by atoms with Gasteiger partial charge >= 0.3 is 0 Å². The van der Waals surface area contributed by atoms with Crippen molar-refractivity contribution in [3.63, 3.8) is 0 Å². The normalized spacial score (nSPS) is 18.7. The van der Waals surface area contributed by atoms with E-state index in [0.717, 1.165) is 18.3 Å². The van der Waals surface area contributed by atoms with Crippen LogP contribution in [0.4, 0.5) is 0 Å². The van der Waals surface area contributed by atoms with E-state index < -0.39 is 0 Å². The van der Waals surface area contributed by atoms with E-state index in [4.69, 9.17) is 4.52 Å². The van der Waals surface area contributed by atoms with Crippen LogP contribution in [0.1, 0.15) is 31.0 Å². The molecule has 0 unspecified atom stereocenters. The van der Waals surface area contributed by atoms with E-state index in [-0.39, 0.29) is 0 Å². The molecule has 2 heterocycles. The molecular formula is C12H22N4O. The van der Waals surface area contributed by atoms with E-state index in [1.807, 2.05) is 6.92 Å². The minimum Gasteiger partial charge on any atom is -0.340 e. The Bertz CT molecular complexity index is 331. The highest BCUT2D eigenvalue weighted by Crippen LogP contribution is 2.18. The van der Waals surface area contributed by atoms with Crippen molar-refractivity contribution in [2.75, 3.05) is 26.7 Å². The Morgan fingerprint density at radius 3 is 2.82 bits per heavy atom. The highest BCUT2D eigenvalue weighted by atomic mass is 16.5. The molecule has 1 aromatic rings. The molecule has 1 aromatic heterocycles. The first kappa shape index (κ1) is 12.5. The van der Waals surface area contributed by atoms with Gasteiger partial charge in [-0.2, -0.15) is 4.98 Å². The van der Waals surface area contributed by atoms with E-state index in [1.54, 1.807) is 0 Å². The Morgan fingerprint density at radius 1 is 1.41 bits per heavy atom. The highest BCUT2D eigenvalue weighted by Gasteiger charge is 2.15. The number of nitrogens with zero attached hydrogens (tertiary/aromatic N) is 3. The Hall–Kier alpha value is -0.940. The van der Waals surface area contributed by atoms with E-state index in [1.165, 1.54) is 32.4 Å². The first-order valence-corrected chi connectivity index (χ1v) is 6.42. The fourth-order valence-electron chi connectivity index (χ4n) is 2.27. The fourth-order valence-corrected chi connectivity index (χ4v) is 2.27. The zero-order valence-corrected chi connectivity index (χ0v) is 10.8. The van der Waals surface area contributed by atoms with Gasteiger partial charge in [0, 0.05) is 6.92 Å². The molecule has 0 spiro atoms. The van der Waals surface area contributed by atoms with Crippen molar-refractivity contribution in [2.45, 2.75) is 32.7 Å². The van der Waals surface area contributed by atoms with Crippen LogP contribution < -0.4 is 5.32 Å². The third-order valence-electron chi connectivity index (χ3n) is 3.42. The molecule has 2 rings (SSSR count). The summed E-state index contributed by atoms with van der Waals surface area (Å²) in [5.74, 6) is 2.27. The van der Waals surface area contributed by atoms with Gasteiger partial charge in [-0.15, -0.1) is 0 Å². The quantitative estimate of drug-likeness (QED) is 0.781. The second-order valence-electron chi connectivity index (χ2n) is 4.94. The van der Waals surface area contributed by atoms with Gasteiger partial charge in [-0.1, -0.05) is 5.16 Å². The van der Waals surface area contributed by atoms with Crippen molar-refractivity contribution in [3.05, 3.63) is 11.7 Å². The van der Waals surface area contributed by atoms with E-state index in [2.05, 4.69) is 27.4 Å². The van der Waals surface area contributed by atoms with Crippen LogP contribution in [0.15, 0.2) is 4.52 Å². The summed E-state index contributed by atoms with van der Waals surface area (Å²) in [6, 6.07) is 0. The maximum absolute atomic E-state index is 4.92. The lowest BCUT2D eigenvalue weighted by Crippen LogP contribution is -2.31. The topological polar surface area (TPSA) is 54.2 Å². The Morgan fingerprint density at radius 2 is 2.18 bits per heavy atom. The van der Waals surface area contributed by atoms with E-state index in [0.29, 0.717) is 12.4 Å². The van der Waals surface area contributed by atoms with Gasteiger partial charge in [0.25, 0.3) is 0 Å². The van der Waals surface area contributed by atoms with Crippen LogP contribution in [0.3, 0.4) is 0 Å². The first-order chi connectivity index (χ1) is 8.24. The molecule has 5 heteroatoms. The molecule has 96 valence electrons. The SMILES string of the molecule is Cc1nc(CNCCC2CCN(C)CC2)no1. The molecular weight excluding hydrogens is 216 g/mol. The lowest BCUT2D eigenvalue weighted by molar-refractivity contribution is 0.211. The summed E-state index contributed by atoms with van der Waals surface area (Å²) in [6.07, 6.45) is 3.92. The molecule has 5 nitrogen and oxygen atoms in total. The van der Waals surface area contributed by atoms with Crippen LogP contribution in [0, 0.1) is 12.8 Å². The van der Waals surface area contributed by atoms with Gasteiger partial charge in [0.15, 0.2) is 5.82 Å². The summed E-state index contributed by atoms with van der Waals surface area (Å²) in [7, 11) is 2.20. The lowest BCUT2D eigenvalue weighted by Gasteiger charge is -2.28. The lowest BCUT2D eigenvalue weighted by atomic mass is 9.94. The number of aryl methyl sites for hydroxylation is 1. The maximum atomic E-state index is 4.92. The molecule has 0 radical (unpaired) electrons. The zero-order valence-electron chi connectivity index (χ0n) is 10.8. The molecule has 0 aliphatic carbocycles. The largest absolute Gasteiger partial charge is 0.340 e. The van der Waals surface area contributed by atoms with Gasteiger partial charge < -0.3 is 14.7 Å². The molecule has 1 fully saturated rings. The number of hydrogen-bond acceptors (Lipinski definition) is 5. The van der Waals surface area contributed by atoms with Crippen molar-refractivity contribution < 1.29 is 4.52 Å². The molecule has 1 aliphatic heterocycles. The van der Waals surface area contributed by atoms with Crippen molar-refractivity contribution >= 4 is 0 Å². The third kappa shape index (κ3) is 4.09. The number of aromatic nitrogens is 2. The highest BCUT2D eigenvalue weighted by molar-refractivity contribution is 4.82. The predicted molar refractivity (Wildman–Crippen MR) is 65.6 cm³/mol. The van der Waals surface area contributed by atoms with Gasteiger partial charge in [-0.05, 0) is 51.9 Å². The minimum atomic E-state index is 0.636. The summed E-state index contributed by atoms with van der Waals surface area (Å²) in [5.41, 5.74) is 0. The van der Waals surface area contributed by atoms with Crippen molar-refractivity contribution in [1.29, 1.82) is 0 Å². The number of rotatable bonds is 5. The van der Waals surface area contributed by atoms with Crippen LogP contribution in [-0.4, -0.2) is 41.7 Å². The molecule has 1 aliphatic rings. The zero-order chi connectivity index (χ0) is 12.1. The maximum Gasteiger partial charge on any atom is 0.223 e. The predicted octanol–water partition coefficient (Wildman–Crippen LogP) is 1.20. The van der Waals surface area contributed by atoms with Crippen LogP contribution in [0.25, 0.3) is 0 Å². The minimum absolute atomic E-state index is 0.636. The smallest absolute Gasteiger partial charge is 0.223 e. The molecule has 0 aromatic carbocycles. The number of likely N-dealkylation sites (tertiary alicyclic amines) is 1. The van der Waals surface area contributed by atoms with Crippen LogP contribution in [0.5, 0.6) is 0 Å².